The van der Waals surface area contributed by atoms with E-state index in [4.69, 9.17) is 4.74 Å². The molecule has 1 unspecified atom stereocenters. The molecule has 1 aromatic rings. The third kappa shape index (κ3) is 2.58. The summed E-state index contributed by atoms with van der Waals surface area (Å²) in [7, 11) is 1.68. The topological polar surface area (TPSA) is 41.6 Å². The lowest BCUT2D eigenvalue weighted by atomic mass is 9.99. The van der Waals surface area contributed by atoms with Gasteiger partial charge in [-0.3, -0.25) is 10.1 Å². The molecule has 5 heteroatoms. The van der Waals surface area contributed by atoms with Crippen molar-refractivity contribution in [2.24, 2.45) is 0 Å². The summed E-state index contributed by atoms with van der Waals surface area (Å²) in [5.41, 5.74) is 2.54. The van der Waals surface area contributed by atoms with Crippen molar-refractivity contribution in [2.45, 2.75) is 19.0 Å². The Labute approximate surface area is 117 Å². The van der Waals surface area contributed by atoms with Crippen molar-refractivity contribution < 1.29 is 9.53 Å². The lowest BCUT2D eigenvalue weighted by Gasteiger charge is -2.31. The molecule has 0 aliphatic carbocycles. The molecule has 4 nitrogen and oxygen atoms in total. The molecule has 1 atom stereocenters. The largest absolute Gasteiger partial charge is 0.497 e. The fraction of sp³-hybridized carbons (Fsp3) is 0.500. The minimum absolute atomic E-state index is 0.00444. The van der Waals surface area contributed by atoms with Gasteiger partial charge in [0.2, 0.25) is 5.91 Å². The molecule has 0 aromatic heterocycles. The first-order valence-corrected chi connectivity index (χ1v) is 7.69. The second-order valence-corrected chi connectivity index (χ2v) is 5.95. The fourth-order valence-electron chi connectivity index (χ4n) is 2.62. The van der Waals surface area contributed by atoms with Crippen molar-refractivity contribution in [3.05, 3.63) is 29.3 Å². The van der Waals surface area contributed by atoms with Crippen molar-refractivity contribution in [3.8, 4) is 5.75 Å². The monoisotopic (exact) mass is 278 g/mol. The van der Waals surface area contributed by atoms with Gasteiger partial charge >= 0.3 is 0 Å². The SMILES string of the molecule is COc1ccc2c(c1)CCN(C(=O)C1CSCN1)C2. The van der Waals surface area contributed by atoms with E-state index in [-0.39, 0.29) is 11.9 Å². The van der Waals surface area contributed by atoms with Gasteiger partial charge in [0.1, 0.15) is 5.75 Å². The first-order chi connectivity index (χ1) is 9.28. The molecular formula is C14H18N2O2S. The first kappa shape index (κ1) is 12.8. The number of benzene rings is 1. The molecule has 0 bridgehead atoms. The van der Waals surface area contributed by atoms with Gasteiger partial charge in [-0.25, -0.2) is 0 Å². The van der Waals surface area contributed by atoms with E-state index in [1.807, 2.05) is 11.0 Å². The molecule has 0 spiro atoms. The molecular weight excluding hydrogens is 260 g/mol. The van der Waals surface area contributed by atoms with E-state index < -0.39 is 0 Å². The van der Waals surface area contributed by atoms with Gasteiger partial charge in [0.15, 0.2) is 0 Å². The summed E-state index contributed by atoms with van der Waals surface area (Å²) in [5.74, 6) is 2.92. The van der Waals surface area contributed by atoms with Gasteiger partial charge in [-0.2, -0.15) is 0 Å². The molecule has 1 amide bonds. The highest BCUT2D eigenvalue weighted by Crippen LogP contribution is 2.24. The van der Waals surface area contributed by atoms with Crippen molar-refractivity contribution in [1.29, 1.82) is 0 Å². The normalized spacial score (nSPS) is 22.2. The second kappa shape index (κ2) is 5.43. The maximum atomic E-state index is 12.4. The van der Waals surface area contributed by atoms with Crippen LogP contribution in [0.25, 0.3) is 0 Å². The zero-order valence-electron chi connectivity index (χ0n) is 11.0. The fourth-order valence-corrected chi connectivity index (χ4v) is 3.55. The third-order valence-corrected chi connectivity index (χ3v) is 4.69. The number of fused-ring (bicyclic) bond motifs is 1. The Hall–Kier alpha value is -1.20. The number of hydrogen-bond acceptors (Lipinski definition) is 4. The smallest absolute Gasteiger partial charge is 0.240 e. The highest BCUT2D eigenvalue weighted by molar-refractivity contribution is 7.99. The van der Waals surface area contributed by atoms with Crippen LogP contribution in [0.15, 0.2) is 18.2 Å². The maximum Gasteiger partial charge on any atom is 0.240 e. The zero-order valence-corrected chi connectivity index (χ0v) is 11.8. The number of hydrogen-bond donors (Lipinski definition) is 1. The van der Waals surface area contributed by atoms with E-state index in [2.05, 4.69) is 17.4 Å². The number of nitrogens with zero attached hydrogens (tertiary/aromatic N) is 1. The Kier molecular flexibility index (Phi) is 3.66. The van der Waals surface area contributed by atoms with Crippen LogP contribution in [0.2, 0.25) is 0 Å². The Morgan fingerprint density at radius 3 is 3.11 bits per heavy atom. The molecule has 0 saturated carbocycles. The van der Waals surface area contributed by atoms with Gasteiger partial charge in [0.25, 0.3) is 0 Å². The molecule has 3 rings (SSSR count). The molecule has 1 saturated heterocycles. The Bertz CT molecular complexity index is 486. The number of ether oxygens (including phenoxy) is 1. The van der Waals surface area contributed by atoms with Crippen molar-refractivity contribution in [3.63, 3.8) is 0 Å². The highest BCUT2D eigenvalue weighted by Gasteiger charge is 2.29. The van der Waals surface area contributed by atoms with Gasteiger partial charge in [-0.15, -0.1) is 11.8 Å². The van der Waals surface area contributed by atoms with Crippen LogP contribution in [0, 0.1) is 0 Å². The van der Waals surface area contributed by atoms with Crippen LogP contribution in [0.5, 0.6) is 5.75 Å². The van der Waals surface area contributed by atoms with E-state index >= 15 is 0 Å². The summed E-state index contributed by atoms with van der Waals surface area (Å²) in [6, 6.07) is 6.13. The Balaban J connectivity index is 1.73. The Morgan fingerprint density at radius 2 is 2.37 bits per heavy atom. The van der Waals surface area contributed by atoms with Gasteiger partial charge in [-0.05, 0) is 29.7 Å². The molecule has 0 radical (unpaired) electrons. The summed E-state index contributed by atoms with van der Waals surface area (Å²) in [6.45, 7) is 1.53. The molecule has 1 fully saturated rings. The molecule has 102 valence electrons. The third-order valence-electron chi connectivity index (χ3n) is 3.75. The van der Waals surface area contributed by atoms with Crippen molar-refractivity contribution in [1.82, 2.24) is 10.2 Å². The molecule has 2 aliphatic heterocycles. The minimum atomic E-state index is 0.00444. The number of methoxy groups -OCH3 is 1. The highest BCUT2D eigenvalue weighted by atomic mass is 32.2. The summed E-state index contributed by atoms with van der Waals surface area (Å²) in [6.07, 6.45) is 0.915. The number of rotatable bonds is 2. The minimum Gasteiger partial charge on any atom is -0.497 e. The van der Waals surface area contributed by atoms with Crippen LogP contribution in [-0.4, -0.2) is 42.1 Å². The predicted molar refractivity (Wildman–Crippen MR) is 76.4 cm³/mol. The predicted octanol–water partition coefficient (Wildman–Crippen LogP) is 1.24. The average molecular weight is 278 g/mol. The number of thioether (sulfide) groups is 1. The van der Waals surface area contributed by atoms with E-state index in [0.717, 1.165) is 36.9 Å². The number of carbonyl (C=O) groups is 1. The van der Waals surface area contributed by atoms with Crippen LogP contribution < -0.4 is 10.1 Å². The summed E-state index contributed by atoms with van der Waals surface area (Å²) >= 11 is 1.79. The van der Waals surface area contributed by atoms with Gasteiger partial charge < -0.3 is 9.64 Å². The van der Waals surface area contributed by atoms with Crippen LogP contribution in [0.4, 0.5) is 0 Å². The van der Waals surface area contributed by atoms with Crippen LogP contribution in [0.1, 0.15) is 11.1 Å². The van der Waals surface area contributed by atoms with Gasteiger partial charge in [0.05, 0.1) is 13.2 Å². The first-order valence-electron chi connectivity index (χ1n) is 6.53. The van der Waals surface area contributed by atoms with E-state index in [0.29, 0.717) is 0 Å². The lowest BCUT2D eigenvalue weighted by Crippen LogP contribution is -2.46. The summed E-state index contributed by atoms with van der Waals surface area (Å²) in [4.78, 5) is 14.3. The van der Waals surface area contributed by atoms with Crippen molar-refractivity contribution >= 4 is 17.7 Å². The van der Waals surface area contributed by atoms with Gasteiger partial charge in [0, 0.05) is 24.7 Å². The van der Waals surface area contributed by atoms with Crippen molar-refractivity contribution in [2.75, 3.05) is 25.3 Å². The molecule has 19 heavy (non-hydrogen) atoms. The second-order valence-electron chi connectivity index (χ2n) is 4.92. The van der Waals surface area contributed by atoms with E-state index in [9.17, 15) is 4.79 Å². The Morgan fingerprint density at radius 1 is 1.47 bits per heavy atom. The quantitative estimate of drug-likeness (QED) is 0.884. The molecule has 2 aliphatic rings. The van der Waals surface area contributed by atoms with E-state index in [1.165, 1.54) is 11.1 Å². The standard InChI is InChI=1S/C14H18N2O2S/c1-18-12-3-2-11-7-16(5-4-10(11)6-12)14(17)13-8-19-9-15-13/h2-3,6,13,15H,4-5,7-9H2,1H3. The van der Waals surface area contributed by atoms with Gasteiger partial charge in [-0.1, -0.05) is 6.07 Å². The van der Waals surface area contributed by atoms with E-state index in [1.54, 1.807) is 18.9 Å². The molecule has 1 aromatic carbocycles. The molecule has 2 heterocycles. The zero-order chi connectivity index (χ0) is 13.2. The van der Waals surface area contributed by atoms with Crippen LogP contribution >= 0.6 is 11.8 Å². The summed E-state index contributed by atoms with van der Waals surface area (Å²) < 4.78 is 5.24. The van der Waals surface area contributed by atoms with Crippen LogP contribution in [0.3, 0.4) is 0 Å². The number of amides is 1. The average Bonchev–Trinajstić information content (AvgIpc) is 2.99. The maximum absolute atomic E-state index is 12.4. The van der Waals surface area contributed by atoms with Crippen LogP contribution in [-0.2, 0) is 17.8 Å². The lowest BCUT2D eigenvalue weighted by molar-refractivity contribution is -0.133. The number of nitrogens with one attached hydrogen (secondary N) is 1. The number of carbonyl (C=O) groups excluding carboxylic acids is 1. The molecule has 1 N–H and O–H groups in total. The summed E-state index contributed by atoms with van der Waals surface area (Å²) in [5, 5.41) is 3.25.